The summed E-state index contributed by atoms with van der Waals surface area (Å²) in [6.07, 6.45) is 3.30. The Morgan fingerprint density at radius 1 is 1.38 bits per heavy atom. The zero-order valence-electron chi connectivity index (χ0n) is 14.0. The summed E-state index contributed by atoms with van der Waals surface area (Å²) in [6, 6.07) is 8.85. The van der Waals surface area contributed by atoms with Gasteiger partial charge in [0.05, 0.1) is 11.3 Å². The molecule has 6 heteroatoms. The van der Waals surface area contributed by atoms with Gasteiger partial charge < -0.3 is 15.5 Å². The van der Waals surface area contributed by atoms with E-state index < -0.39 is 0 Å². The lowest BCUT2D eigenvalue weighted by atomic mass is 9.98. The maximum atomic E-state index is 12.4. The molecule has 2 N–H and O–H groups in total. The van der Waals surface area contributed by atoms with Gasteiger partial charge in [-0.25, -0.2) is 4.79 Å². The molecule has 0 bridgehead atoms. The van der Waals surface area contributed by atoms with Crippen LogP contribution in [0.3, 0.4) is 0 Å². The lowest BCUT2D eigenvalue weighted by Crippen LogP contribution is -2.45. The Morgan fingerprint density at radius 2 is 2.17 bits per heavy atom. The van der Waals surface area contributed by atoms with Gasteiger partial charge in [-0.3, -0.25) is 4.79 Å². The maximum absolute atomic E-state index is 12.4. The van der Waals surface area contributed by atoms with Gasteiger partial charge in [-0.1, -0.05) is 19.1 Å². The van der Waals surface area contributed by atoms with Crippen molar-refractivity contribution in [2.45, 2.75) is 32.6 Å². The van der Waals surface area contributed by atoms with Crippen LogP contribution >= 0.6 is 0 Å². The Hall–Kier alpha value is -2.55. The van der Waals surface area contributed by atoms with E-state index in [9.17, 15) is 9.59 Å². The third-order valence-corrected chi connectivity index (χ3v) is 4.16. The van der Waals surface area contributed by atoms with E-state index in [2.05, 4.69) is 16.7 Å². The van der Waals surface area contributed by atoms with Crippen molar-refractivity contribution in [3.8, 4) is 6.07 Å². The number of urea groups is 1. The molecule has 24 heavy (non-hydrogen) atoms. The van der Waals surface area contributed by atoms with E-state index in [1.54, 1.807) is 29.2 Å². The molecule has 1 aliphatic heterocycles. The minimum absolute atomic E-state index is 0.0713. The molecular weight excluding hydrogens is 304 g/mol. The Kier molecular flexibility index (Phi) is 6.62. The van der Waals surface area contributed by atoms with Crippen molar-refractivity contribution in [1.29, 1.82) is 5.26 Å². The van der Waals surface area contributed by atoms with Gasteiger partial charge in [0.1, 0.15) is 6.07 Å². The van der Waals surface area contributed by atoms with Crippen molar-refractivity contribution < 1.29 is 9.59 Å². The second kappa shape index (κ2) is 8.92. The number of likely N-dealkylation sites (tertiary alicyclic amines) is 1. The van der Waals surface area contributed by atoms with Gasteiger partial charge in [0.25, 0.3) is 0 Å². The molecular formula is C18H24N4O2. The van der Waals surface area contributed by atoms with Crippen molar-refractivity contribution in [2.24, 2.45) is 5.92 Å². The van der Waals surface area contributed by atoms with Gasteiger partial charge >= 0.3 is 6.03 Å². The molecule has 1 saturated heterocycles. The van der Waals surface area contributed by atoms with E-state index in [0.717, 1.165) is 19.3 Å². The van der Waals surface area contributed by atoms with E-state index in [4.69, 9.17) is 5.26 Å². The summed E-state index contributed by atoms with van der Waals surface area (Å²) in [5.41, 5.74) is 0.981. The first-order valence-electron chi connectivity index (χ1n) is 8.45. The van der Waals surface area contributed by atoms with Crippen LogP contribution < -0.4 is 10.6 Å². The van der Waals surface area contributed by atoms with E-state index in [-0.39, 0.29) is 17.9 Å². The molecule has 0 radical (unpaired) electrons. The van der Waals surface area contributed by atoms with Crippen LogP contribution in [0.4, 0.5) is 10.5 Å². The molecule has 128 valence electrons. The highest BCUT2D eigenvalue weighted by molar-refractivity contribution is 5.90. The largest absolute Gasteiger partial charge is 0.356 e. The minimum atomic E-state index is -0.192. The number of hydrogen-bond donors (Lipinski definition) is 2. The first-order valence-corrected chi connectivity index (χ1v) is 8.45. The van der Waals surface area contributed by atoms with E-state index >= 15 is 0 Å². The molecule has 1 heterocycles. The van der Waals surface area contributed by atoms with E-state index in [1.807, 2.05) is 6.92 Å². The summed E-state index contributed by atoms with van der Waals surface area (Å²) in [4.78, 5) is 25.8. The number of anilines is 1. The molecule has 1 aromatic rings. The Morgan fingerprint density at radius 3 is 2.92 bits per heavy atom. The predicted octanol–water partition coefficient (Wildman–Crippen LogP) is 2.72. The monoisotopic (exact) mass is 328 g/mol. The quantitative estimate of drug-likeness (QED) is 0.871. The third-order valence-electron chi connectivity index (χ3n) is 4.16. The van der Waals surface area contributed by atoms with Gasteiger partial charge in [-0.2, -0.15) is 5.26 Å². The third kappa shape index (κ3) is 4.98. The van der Waals surface area contributed by atoms with Crippen molar-refractivity contribution in [2.75, 3.05) is 25.0 Å². The molecule has 0 saturated carbocycles. The van der Waals surface area contributed by atoms with Gasteiger partial charge in [-0.15, -0.1) is 0 Å². The van der Waals surface area contributed by atoms with Crippen LogP contribution in [0.2, 0.25) is 0 Å². The zero-order valence-corrected chi connectivity index (χ0v) is 14.0. The van der Waals surface area contributed by atoms with Gasteiger partial charge in [0.2, 0.25) is 5.91 Å². The summed E-state index contributed by atoms with van der Waals surface area (Å²) < 4.78 is 0. The van der Waals surface area contributed by atoms with Crippen molar-refractivity contribution in [3.63, 3.8) is 0 Å². The molecule has 1 atom stereocenters. The van der Waals surface area contributed by atoms with Gasteiger partial charge in [0.15, 0.2) is 0 Å². The van der Waals surface area contributed by atoms with Crippen LogP contribution in [0.1, 0.15) is 38.2 Å². The molecule has 1 aromatic carbocycles. The fourth-order valence-electron chi connectivity index (χ4n) is 2.87. The Labute approximate surface area is 142 Å². The van der Waals surface area contributed by atoms with Gasteiger partial charge in [-0.05, 0) is 37.3 Å². The lowest BCUT2D eigenvalue weighted by molar-refractivity contribution is -0.121. The fourth-order valence-corrected chi connectivity index (χ4v) is 2.87. The highest BCUT2D eigenvalue weighted by atomic mass is 16.2. The van der Waals surface area contributed by atoms with E-state index in [1.165, 1.54) is 0 Å². The van der Waals surface area contributed by atoms with Crippen molar-refractivity contribution in [3.05, 3.63) is 29.8 Å². The number of nitrogens with zero attached hydrogens (tertiary/aromatic N) is 2. The lowest BCUT2D eigenvalue weighted by Gasteiger charge is -2.33. The minimum Gasteiger partial charge on any atom is -0.356 e. The molecule has 0 aromatic heterocycles. The van der Waals surface area contributed by atoms with Crippen LogP contribution in [0, 0.1) is 17.2 Å². The molecule has 3 amide bonds. The average Bonchev–Trinajstić information content (AvgIpc) is 2.61. The van der Waals surface area contributed by atoms with Crippen LogP contribution in [0.5, 0.6) is 0 Å². The molecule has 0 aliphatic carbocycles. The fraction of sp³-hybridized carbons (Fsp3) is 0.500. The second-order valence-corrected chi connectivity index (χ2v) is 6.10. The summed E-state index contributed by atoms with van der Waals surface area (Å²) >= 11 is 0. The first-order chi connectivity index (χ1) is 11.6. The highest BCUT2D eigenvalue weighted by Gasteiger charge is 2.24. The number of amides is 3. The number of rotatable bonds is 5. The van der Waals surface area contributed by atoms with Crippen LogP contribution in [0.25, 0.3) is 0 Å². The molecule has 6 nitrogen and oxygen atoms in total. The topological polar surface area (TPSA) is 85.2 Å². The summed E-state index contributed by atoms with van der Waals surface area (Å²) in [7, 11) is 0. The Bertz CT molecular complexity index is 624. The van der Waals surface area contributed by atoms with Crippen molar-refractivity contribution >= 4 is 17.6 Å². The number of carbonyl (C=O) groups is 2. The summed E-state index contributed by atoms with van der Waals surface area (Å²) in [6.45, 7) is 3.90. The number of benzene rings is 1. The molecule has 1 unspecified atom stereocenters. The zero-order chi connectivity index (χ0) is 17.4. The average molecular weight is 328 g/mol. The number of nitriles is 1. The van der Waals surface area contributed by atoms with Crippen LogP contribution in [-0.2, 0) is 4.79 Å². The number of hydrogen-bond acceptors (Lipinski definition) is 3. The van der Waals surface area contributed by atoms with E-state index in [0.29, 0.717) is 37.3 Å². The maximum Gasteiger partial charge on any atom is 0.321 e. The predicted molar refractivity (Wildman–Crippen MR) is 92.4 cm³/mol. The SMILES string of the molecule is CCCC(=O)NCC1CCCN(C(=O)Nc2ccccc2C#N)C1. The second-order valence-electron chi connectivity index (χ2n) is 6.10. The standard InChI is InChI=1S/C18H24N4O2/c1-2-6-17(23)20-12-14-7-5-10-22(13-14)18(24)21-16-9-4-3-8-15(16)11-19/h3-4,8-9,14H,2,5-7,10,12-13H2,1H3,(H,20,23)(H,21,24). The number of para-hydroxylation sites is 1. The van der Waals surface area contributed by atoms with Crippen molar-refractivity contribution in [1.82, 2.24) is 10.2 Å². The normalized spacial score (nSPS) is 17.0. The van der Waals surface area contributed by atoms with Crippen LogP contribution in [-0.4, -0.2) is 36.5 Å². The number of piperidine rings is 1. The highest BCUT2D eigenvalue weighted by Crippen LogP contribution is 2.19. The molecule has 0 spiro atoms. The number of carbonyl (C=O) groups excluding carboxylic acids is 2. The smallest absolute Gasteiger partial charge is 0.321 e. The summed E-state index contributed by atoms with van der Waals surface area (Å²) in [5.74, 6) is 0.346. The first kappa shape index (κ1) is 17.8. The van der Waals surface area contributed by atoms with Crippen LogP contribution in [0.15, 0.2) is 24.3 Å². The molecule has 1 aliphatic rings. The molecule has 1 fully saturated rings. The number of nitrogens with one attached hydrogen (secondary N) is 2. The Balaban J connectivity index is 1.88. The summed E-state index contributed by atoms with van der Waals surface area (Å²) in [5, 5.41) is 14.8. The van der Waals surface area contributed by atoms with Gasteiger partial charge in [0, 0.05) is 26.1 Å². The molecule has 2 rings (SSSR count).